The van der Waals surface area contributed by atoms with E-state index in [1.54, 1.807) is 60.7 Å². The second-order valence-electron chi connectivity index (χ2n) is 9.44. The van der Waals surface area contributed by atoms with Crippen molar-refractivity contribution >= 4 is 66.7 Å². The second-order valence-corrected chi connectivity index (χ2v) is 9.44. The molecule has 0 fully saturated rings. The molecule has 0 aliphatic rings. The predicted octanol–water partition coefficient (Wildman–Crippen LogP) is 4.56. The number of ether oxygens (including phenoxy) is 2. The molecule has 0 bridgehead atoms. The molecule has 6 rings (SSSR count). The minimum absolute atomic E-state index is 0.0165. The quantitative estimate of drug-likeness (QED) is 0.173. The molecule has 2 aromatic heterocycles. The van der Waals surface area contributed by atoms with E-state index in [-0.39, 0.29) is 38.7 Å². The van der Waals surface area contributed by atoms with Crippen molar-refractivity contribution in [1.29, 1.82) is 0 Å². The first kappa shape index (κ1) is 29.2. The Morgan fingerprint density at radius 1 is 0.705 bits per heavy atom. The summed E-state index contributed by atoms with van der Waals surface area (Å²) >= 11 is 0. The number of methoxy groups -OCH3 is 2. The molecule has 0 aliphatic heterocycles. The molecule has 0 unspecified atom stereocenters. The molecule has 12 nitrogen and oxygen atoms in total. The van der Waals surface area contributed by atoms with E-state index in [2.05, 4.69) is 9.97 Å². The minimum atomic E-state index is -0.696. The van der Waals surface area contributed by atoms with Crippen LogP contribution in [0.5, 0.6) is 0 Å². The van der Waals surface area contributed by atoms with Crippen molar-refractivity contribution < 1.29 is 24.0 Å². The third-order valence-corrected chi connectivity index (χ3v) is 6.82. The lowest BCUT2D eigenvalue weighted by Crippen LogP contribution is -2.04. The smallest absolute Gasteiger partial charge is 0.338 e. The number of carbonyl (C=O) groups excluding carboxylic acids is 2. The highest BCUT2D eigenvalue weighted by molar-refractivity contribution is 6.08. The molecule has 0 atom stereocenters. The largest absolute Gasteiger partial charge is 0.465 e. The van der Waals surface area contributed by atoms with Gasteiger partial charge in [0.15, 0.2) is 0 Å². The van der Waals surface area contributed by atoms with Crippen molar-refractivity contribution in [1.82, 2.24) is 9.97 Å². The van der Waals surface area contributed by atoms with Gasteiger partial charge in [-0.25, -0.2) is 19.6 Å². The summed E-state index contributed by atoms with van der Waals surface area (Å²) in [6.45, 7) is 0. The molecule has 2 N–H and O–H groups in total. The normalized spacial score (nSPS) is 10.7. The highest BCUT2D eigenvalue weighted by Crippen LogP contribution is 2.24. The Morgan fingerprint density at radius 3 is 1.64 bits per heavy atom. The van der Waals surface area contributed by atoms with Crippen LogP contribution in [0.15, 0.2) is 94.8 Å². The van der Waals surface area contributed by atoms with Gasteiger partial charge in [0.25, 0.3) is 5.69 Å². The molecule has 218 valence electrons. The molecule has 6 aromatic rings. The van der Waals surface area contributed by atoms with Crippen LogP contribution in [0.4, 0.5) is 11.4 Å². The Kier molecular flexibility index (Phi) is 7.90. The first-order chi connectivity index (χ1) is 21.1. The monoisotopic (exact) mass is 590 g/mol. The number of anilines is 1. The number of nitrogens with two attached hydrogens (primary N) is 1. The number of carbonyl (C=O) groups is 2. The zero-order valence-corrected chi connectivity index (χ0v) is 23.3. The van der Waals surface area contributed by atoms with E-state index in [1.807, 2.05) is 0 Å². The van der Waals surface area contributed by atoms with Gasteiger partial charge in [-0.05, 0) is 29.0 Å². The van der Waals surface area contributed by atoms with E-state index in [0.717, 1.165) is 12.3 Å². The lowest BCUT2D eigenvalue weighted by Gasteiger charge is -2.01. The van der Waals surface area contributed by atoms with E-state index in [0.29, 0.717) is 32.6 Å². The Balaban J connectivity index is 0.000000175. The molecule has 12 heteroatoms. The molecular weight excluding hydrogens is 568 g/mol. The van der Waals surface area contributed by atoms with Crippen molar-refractivity contribution in [2.45, 2.75) is 0 Å². The molecule has 0 aliphatic carbocycles. The summed E-state index contributed by atoms with van der Waals surface area (Å²) in [6.07, 6.45) is 2.40. The third kappa shape index (κ3) is 5.34. The van der Waals surface area contributed by atoms with Gasteiger partial charge in [0, 0.05) is 27.6 Å². The number of hydrogen-bond donors (Lipinski definition) is 1. The van der Waals surface area contributed by atoms with Crippen LogP contribution >= 0.6 is 0 Å². The van der Waals surface area contributed by atoms with Crippen LogP contribution in [0.3, 0.4) is 0 Å². The lowest BCUT2D eigenvalue weighted by molar-refractivity contribution is -0.385. The fourth-order valence-corrected chi connectivity index (χ4v) is 4.75. The van der Waals surface area contributed by atoms with Crippen molar-refractivity contribution in [3.63, 3.8) is 0 Å². The summed E-state index contributed by atoms with van der Waals surface area (Å²) in [5.41, 5.74) is 5.67. The summed E-state index contributed by atoms with van der Waals surface area (Å²) < 4.78 is 9.54. The van der Waals surface area contributed by atoms with E-state index in [4.69, 9.17) is 15.2 Å². The van der Waals surface area contributed by atoms with Crippen LogP contribution in [-0.2, 0) is 9.47 Å². The summed E-state index contributed by atoms with van der Waals surface area (Å²) in [4.78, 5) is 67.7. The number of nitro groups is 1. The van der Waals surface area contributed by atoms with Gasteiger partial charge in [-0.3, -0.25) is 19.7 Å². The lowest BCUT2D eigenvalue weighted by atomic mass is 10.1. The standard InChI is InChI=1S/C16H10N2O5.C16H12N2O3/c1-23-16(20)13-6-9-4-2-3-5-11(9)15(19)14-12(13)7-10(8-17-14)18(21)22;1-21-16(20)13-6-9-4-2-3-5-11(9)15(19)14-12(13)7-10(17)8-18-14/h2-8H,1H3;2-8H,17H2,1H3. The topological polar surface area (TPSA) is 182 Å². The molecule has 0 amide bonds. The van der Waals surface area contributed by atoms with Gasteiger partial charge in [-0.1, -0.05) is 48.5 Å². The van der Waals surface area contributed by atoms with Gasteiger partial charge in [0.05, 0.1) is 42.2 Å². The molecule has 0 saturated carbocycles. The maximum absolute atomic E-state index is 12.6. The maximum atomic E-state index is 12.6. The van der Waals surface area contributed by atoms with Crippen LogP contribution in [0.1, 0.15) is 20.7 Å². The molecule has 0 saturated heterocycles. The van der Waals surface area contributed by atoms with Crippen molar-refractivity contribution in [2.75, 3.05) is 20.0 Å². The number of esters is 2. The average Bonchev–Trinajstić information content (AvgIpc) is 3.25. The van der Waals surface area contributed by atoms with Crippen LogP contribution in [0.25, 0.3) is 43.4 Å². The Morgan fingerprint density at radius 2 is 1.16 bits per heavy atom. The van der Waals surface area contributed by atoms with Crippen LogP contribution < -0.4 is 16.6 Å². The summed E-state index contributed by atoms with van der Waals surface area (Å²) in [7, 11) is 2.49. The molecule has 0 radical (unpaired) electrons. The van der Waals surface area contributed by atoms with E-state index >= 15 is 0 Å². The first-order valence-corrected chi connectivity index (χ1v) is 12.9. The molecular formula is C32H22N4O8. The van der Waals surface area contributed by atoms with Crippen molar-refractivity contribution in [3.8, 4) is 0 Å². The summed E-state index contributed by atoms with van der Waals surface area (Å²) in [6, 6.07) is 19.6. The molecule has 4 aromatic carbocycles. The first-order valence-electron chi connectivity index (χ1n) is 12.9. The van der Waals surface area contributed by atoms with Gasteiger partial charge < -0.3 is 15.2 Å². The second kappa shape index (κ2) is 11.9. The number of aromatic nitrogens is 2. The number of hydrogen-bond acceptors (Lipinski definition) is 11. The van der Waals surface area contributed by atoms with Crippen LogP contribution in [0, 0.1) is 10.1 Å². The Hall–Kier alpha value is -6.30. The number of pyridine rings is 2. The molecule has 44 heavy (non-hydrogen) atoms. The zero-order chi connectivity index (χ0) is 31.5. The highest BCUT2D eigenvalue weighted by atomic mass is 16.6. The number of fused-ring (bicyclic) bond motifs is 4. The van der Waals surface area contributed by atoms with Gasteiger partial charge in [-0.15, -0.1) is 0 Å². The van der Waals surface area contributed by atoms with Gasteiger partial charge in [0.1, 0.15) is 17.2 Å². The average molecular weight is 591 g/mol. The van der Waals surface area contributed by atoms with E-state index < -0.39 is 22.3 Å². The van der Waals surface area contributed by atoms with Gasteiger partial charge >= 0.3 is 11.9 Å². The Labute approximate surface area is 247 Å². The summed E-state index contributed by atoms with van der Waals surface area (Å²) in [5, 5.41) is 13.5. The fraction of sp³-hybridized carbons (Fsp3) is 0.0625. The summed E-state index contributed by atoms with van der Waals surface area (Å²) in [5.74, 6) is -1.23. The fourth-order valence-electron chi connectivity index (χ4n) is 4.75. The van der Waals surface area contributed by atoms with E-state index in [9.17, 15) is 29.3 Å². The zero-order valence-electron chi connectivity index (χ0n) is 23.3. The van der Waals surface area contributed by atoms with Crippen molar-refractivity contribution in [3.05, 3.63) is 127 Å². The van der Waals surface area contributed by atoms with Crippen LogP contribution in [0.2, 0.25) is 0 Å². The number of nitrogen functional groups attached to an aromatic ring is 1. The van der Waals surface area contributed by atoms with Crippen molar-refractivity contribution in [2.24, 2.45) is 0 Å². The Bertz CT molecular complexity index is 2290. The maximum Gasteiger partial charge on any atom is 0.338 e. The van der Waals surface area contributed by atoms with E-state index in [1.165, 1.54) is 26.5 Å². The van der Waals surface area contributed by atoms with Gasteiger partial charge in [0.2, 0.25) is 10.9 Å². The predicted molar refractivity (Wildman–Crippen MR) is 165 cm³/mol. The van der Waals surface area contributed by atoms with Crippen LogP contribution in [-0.4, -0.2) is 41.0 Å². The number of rotatable bonds is 3. The third-order valence-electron chi connectivity index (χ3n) is 6.82. The minimum Gasteiger partial charge on any atom is -0.465 e. The molecule has 0 spiro atoms. The number of nitrogens with zero attached hydrogens (tertiary/aromatic N) is 3. The highest BCUT2D eigenvalue weighted by Gasteiger charge is 2.18. The SMILES string of the molecule is COC(=O)c1cc2ccccc2c(=O)c2ncc(N)cc12.COC(=O)c1cc2ccccc2c(=O)c2ncc([N+](=O)[O-])cc12. The number of benzene rings is 2. The van der Waals surface area contributed by atoms with Gasteiger partial charge in [-0.2, -0.15) is 0 Å². The molecule has 2 heterocycles.